The molecule has 1 aliphatic heterocycles. The predicted octanol–water partition coefficient (Wildman–Crippen LogP) is 2.92. The summed E-state index contributed by atoms with van der Waals surface area (Å²) in [7, 11) is -3.90. The van der Waals surface area contributed by atoms with E-state index in [-0.39, 0.29) is 16.4 Å². The highest BCUT2D eigenvalue weighted by Crippen LogP contribution is 2.41. The molecular formula is C22H20N2O6S. The molecule has 2 aromatic carbocycles. The van der Waals surface area contributed by atoms with Crippen LogP contribution in [0.1, 0.15) is 39.0 Å². The summed E-state index contributed by atoms with van der Waals surface area (Å²) in [5.74, 6) is -1.53. The van der Waals surface area contributed by atoms with Crippen molar-refractivity contribution < 1.29 is 27.5 Å². The number of hydrogen-bond donors (Lipinski definition) is 1. The Morgan fingerprint density at radius 3 is 2.39 bits per heavy atom. The summed E-state index contributed by atoms with van der Waals surface area (Å²) in [6.07, 6.45) is 0. The lowest BCUT2D eigenvalue weighted by atomic mass is 10.1. The molecule has 0 saturated carbocycles. The van der Waals surface area contributed by atoms with E-state index < -0.39 is 34.9 Å². The van der Waals surface area contributed by atoms with E-state index in [2.05, 4.69) is 4.98 Å². The molecule has 0 spiro atoms. The number of nitrogens with one attached hydrogen (secondary N) is 1. The minimum atomic E-state index is -3.90. The molecule has 1 N–H and O–H groups in total. The number of aryl methyl sites for hydroxylation is 1. The van der Waals surface area contributed by atoms with Gasteiger partial charge in [-0.15, -0.1) is 0 Å². The number of benzene rings is 2. The smallest absolute Gasteiger partial charge is 0.327 e. The number of hydrogen-bond acceptors (Lipinski definition) is 6. The highest BCUT2D eigenvalue weighted by molar-refractivity contribution is 7.93. The minimum Gasteiger partial charge on any atom is -0.456 e. The Morgan fingerprint density at radius 2 is 1.74 bits per heavy atom. The topological polar surface area (TPSA) is 114 Å². The quantitative estimate of drug-likeness (QED) is 0.466. The number of aromatic amines is 1. The lowest BCUT2D eigenvalue weighted by molar-refractivity contribution is -0.140. The monoisotopic (exact) mass is 440 g/mol. The van der Waals surface area contributed by atoms with Crippen molar-refractivity contribution in [3.63, 3.8) is 0 Å². The number of sulfonamides is 1. The van der Waals surface area contributed by atoms with E-state index in [1.807, 2.05) is 0 Å². The van der Waals surface area contributed by atoms with Crippen molar-refractivity contribution in [2.75, 3.05) is 17.5 Å². The first kappa shape index (κ1) is 20.8. The second kappa shape index (κ2) is 7.35. The highest BCUT2D eigenvalue weighted by Gasteiger charge is 2.37. The van der Waals surface area contributed by atoms with Crippen LogP contribution in [0.2, 0.25) is 0 Å². The first-order valence-electron chi connectivity index (χ1n) is 9.56. The van der Waals surface area contributed by atoms with Crippen molar-refractivity contribution >= 4 is 44.0 Å². The van der Waals surface area contributed by atoms with Gasteiger partial charge in [-0.25, -0.2) is 8.42 Å². The summed E-state index contributed by atoms with van der Waals surface area (Å²) >= 11 is 0. The molecule has 0 amide bonds. The zero-order valence-corrected chi connectivity index (χ0v) is 18.0. The number of carbonyl (C=O) groups excluding carboxylic acids is 3. The van der Waals surface area contributed by atoms with Gasteiger partial charge in [0.05, 0.1) is 16.3 Å². The van der Waals surface area contributed by atoms with E-state index in [1.165, 1.54) is 13.0 Å². The van der Waals surface area contributed by atoms with Gasteiger partial charge in [-0.1, -0.05) is 24.3 Å². The van der Waals surface area contributed by atoms with Crippen LogP contribution in [0.4, 0.5) is 5.69 Å². The minimum absolute atomic E-state index is 0.138. The molecule has 2 heterocycles. The fraction of sp³-hybridized carbons (Fsp3) is 0.227. The summed E-state index contributed by atoms with van der Waals surface area (Å²) in [4.78, 5) is 39.7. The van der Waals surface area contributed by atoms with Crippen LogP contribution in [0.3, 0.4) is 0 Å². The molecule has 0 saturated heterocycles. The number of nitrogens with zero attached hydrogens (tertiary/aromatic N) is 1. The van der Waals surface area contributed by atoms with E-state index in [0.29, 0.717) is 27.9 Å². The zero-order valence-electron chi connectivity index (χ0n) is 17.2. The normalized spacial score (nSPS) is 14.1. The van der Waals surface area contributed by atoms with Gasteiger partial charge in [-0.05, 0) is 43.9 Å². The molecule has 1 aliphatic rings. The summed E-state index contributed by atoms with van der Waals surface area (Å²) in [6, 6.07) is 10.1. The maximum Gasteiger partial charge on any atom is 0.327 e. The number of ketones is 2. The third-order valence-corrected chi connectivity index (χ3v) is 7.19. The van der Waals surface area contributed by atoms with Crippen LogP contribution in [0, 0.1) is 13.8 Å². The Morgan fingerprint density at radius 1 is 1.06 bits per heavy atom. The SMILES string of the molecule is CC(=O)c1c(C)[nH]c(C(=O)COC(=O)CN2c3cccc4cccc(c34)S2(=O)=O)c1C. The fourth-order valence-electron chi connectivity index (χ4n) is 4.07. The molecule has 0 bridgehead atoms. The largest absolute Gasteiger partial charge is 0.456 e. The molecular weight excluding hydrogens is 420 g/mol. The van der Waals surface area contributed by atoms with Crippen LogP contribution in [-0.4, -0.2) is 44.1 Å². The van der Waals surface area contributed by atoms with Gasteiger partial charge in [0, 0.05) is 16.6 Å². The number of ether oxygens (including phenoxy) is 1. The average Bonchev–Trinajstić information content (AvgIpc) is 3.13. The zero-order chi connectivity index (χ0) is 22.5. The summed E-state index contributed by atoms with van der Waals surface area (Å²) in [5.41, 5.74) is 2.09. The Balaban J connectivity index is 1.51. The van der Waals surface area contributed by atoms with Gasteiger partial charge in [0.1, 0.15) is 6.54 Å². The number of esters is 1. The molecule has 3 aromatic rings. The van der Waals surface area contributed by atoms with Gasteiger partial charge in [0.15, 0.2) is 12.4 Å². The molecule has 0 unspecified atom stereocenters. The Bertz CT molecular complexity index is 1360. The maximum atomic E-state index is 12.9. The van der Waals surface area contributed by atoms with E-state index >= 15 is 0 Å². The number of H-pyrrole nitrogens is 1. The third-order valence-electron chi connectivity index (χ3n) is 5.39. The molecule has 8 nitrogen and oxygen atoms in total. The third kappa shape index (κ3) is 3.31. The predicted molar refractivity (Wildman–Crippen MR) is 114 cm³/mol. The van der Waals surface area contributed by atoms with E-state index in [0.717, 1.165) is 9.69 Å². The van der Waals surface area contributed by atoms with Gasteiger partial charge >= 0.3 is 5.97 Å². The van der Waals surface area contributed by atoms with Gasteiger partial charge < -0.3 is 9.72 Å². The standard InChI is InChI=1S/C22H20N2O6S/c1-12-20(14(3)25)13(2)23-22(12)17(26)11-30-19(27)10-24-16-8-4-6-15-7-5-9-18(21(15)16)31(24,28)29/h4-9,23H,10-11H2,1-3H3. The Hall–Kier alpha value is -3.46. The highest BCUT2D eigenvalue weighted by atomic mass is 32.2. The number of aromatic nitrogens is 1. The van der Waals surface area contributed by atoms with Crippen LogP contribution in [0.25, 0.3) is 10.8 Å². The summed E-state index contributed by atoms with van der Waals surface area (Å²) < 4.78 is 31.9. The molecule has 4 rings (SSSR count). The summed E-state index contributed by atoms with van der Waals surface area (Å²) in [5, 5.41) is 1.31. The van der Waals surface area contributed by atoms with Crippen LogP contribution < -0.4 is 4.31 Å². The van der Waals surface area contributed by atoms with Crippen LogP contribution in [0.15, 0.2) is 41.3 Å². The lowest BCUT2D eigenvalue weighted by Crippen LogP contribution is -2.34. The molecule has 160 valence electrons. The molecule has 1 aromatic heterocycles. The fourth-order valence-corrected chi connectivity index (χ4v) is 5.72. The molecule has 0 fully saturated rings. The first-order valence-corrected chi connectivity index (χ1v) is 11.0. The Labute approximate surface area is 178 Å². The second-order valence-corrected chi connectivity index (χ2v) is 9.24. The van der Waals surface area contributed by atoms with Crippen LogP contribution >= 0.6 is 0 Å². The summed E-state index contributed by atoms with van der Waals surface area (Å²) in [6.45, 7) is 3.62. The molecule has 31 heavy (non-hydrogen) atoms. The molecule has 0 radical (unpaired) electrons. The van der Waals surface area contributed by atoms with Gasteiger partial charge in [-0.2, -0.15) is 0 Å². The van der Waals surface area contributed by atoms with Gasteiger partial charge in [-0.3, -0.25) is 18.7 Å². The number of Topliss-reactive ketones (excluding diaryl/α,β-unsaturated/α-hetero) is 2. The van der Waals surface area contributed by atoms with Crippen molar-refractivity contribution in [3.05, 3.63) is 58.9 Å². The maximum absolute atomic E-state index is 12.9. The Kier molecular flexibility index (Phi) is 4.93. The van der Waals surface area contributed by atoms with Crippen molar-refractivity contribution in [2.45, 2.75) is 25.7 Å². The van der Waals surface area contributed by atoms with Crippen LogP contribution in [0.5, 0.6) is 0 Å². The van der Waals surface area contributed by atoms with E-state index in [9.17, 15) is 22.8 Å². The number of rotatable bonds is 6. The van der Waals surface area contributed by atoms with Gasteiger partial charge in [0.2, 0.25) is 5.78 Å². The first-order chi connectivity index (χ1) is 14.6. The number of anilines is 1. The van der Waals surface area contributed by atoms with Crippen LogP contribution in [-0.2, 0) is 19.6 Å². The molecule has 0 aliphatic carbocycles. The van der Waals surface area contributed by atoms with Crippen molar-refractivity contribution in [3.8, 4) is 0 Å². The van der Waals surface area contributed by atoms with Crippen molar-refractivity contribution in [2.24, 2.45) is 0 Å². The molecule has 0 atom stereocenters. The molecule has 9 heteroatoms. The van der Waals surface area contributed by atoms with E-state index in [4.69, 9.17) is 4.74 Å². The van der Waals surface area contributed by atoms with Crippen molar-refractivity contribution in [1.29, 1.82) is 0 Å². The second-order valence-electron chi connectivity index (χ2n) is 7.41. The number of carbonyl (C=O) groups is 3. The van der Waals surface area contributed by atoms with Gasteiger partial charge in [0.25, 0.3) is 10.0 Å². The average molecular weight is 440 g/mol. The lowest BCUT2D eigenvalue weighted by Gasteiger charge is -2.17. The van der Waals surface area contributed by atoms with Crippen molar-refractivity contribution in [1.82, 2.24) is 4.98 Å². The van der Waals surface area contributed by atoms with E-state index in [1.54, 1.807) is 44.2 Å².